The molecule has 5 heteroatoms. The quantitative estimate of drug-likeness (QED) is 0.647. The first kappa shape index (κ1) is 11.2. The minimum atomic E-state index is -0.0841. The molecule has 0 bridgehead atoms. The predicted octanol–water partition coefficient (Wildman–Crippen LogP) is 2.00. The molecule has 1 heterocycles. The van der Waals surface area contributed by atoms with Crippen LogP contribution in [-0.4, -0.2) is 15.6 Å². The molecule has 0 saturated carbocycles. The number of anilines is 1. The van der Waals surface area contributed by atoms with Crippen LogP contribution in [0.3, 0.4) is 0 Å². The molecule has 0 radical (unpaired) electrons. The second-order valence-electron chi connectivity index (χ2n) is 3.76. The SMILES string of the molecule is CC(=O)c1cc(Oc2cnn(C)c2)ccc1N. The molecule has 88 valence electrons. The molecule has 0 aliphatic carbocycles. The Kier molecular flexibility index (Phi) is 2.82. The normalized spacial score (nSPS) is 10.2. The van der Waals surface area contributed by atoms with Gasteiger partial charge in [0.15, 0.2) is 11.5 Å². The Labute approximate surface area is 98.8 Å². The van der Waals surface area contributed by atoms with Crippen molar-refractivity contribution < 1.29 is 9.53 Å². The molecule has 2 aromatic rings. The van der Waals surface area contributed by atoms with E-state index in [0.29, 0.717) is 22.7 Å². The largest absolute Gasteiger partial charge is 0.454 e. The number of aryl methyl sites for hydroxylation is 1. The van der Waals surface area contributed by atoms with Crippen molar-refractivity contribution in [3.8, 4) is 11.5 Å². The van der Waals surface area contributed by atoms with Crippen LogP contribution >= 0.6 is 0 Å². The van der Waals surface area contributed by atoms with E-state index in [4.69, 9.17) is 10.5 Å². The Bertz CT molecular complexity index is 561. The zero-order valence-electron chi connectivity index (χ0n) is 9.68. The van der Waals surface area contributed by atoms with Crippen LogP contribution < -0.4 is 10.5 Å². The molecule has 0 saturated heterocycles. The Morgan fingerprint density at radius 3 is 2.76 bits per heavy atom. The summed E-state index contributed by atoms with van der Waals surface area (Å²) in [6, 6.07) is 5.00. The maximum atomic E-state index is 11.3. The maximum Gasteiger partial charge on any atom is 0.165 e. The number of hydrogen-bond acceptors (Lipinski definition) is 4. The number of nitrogens with zero attached hydrogens (tertiary/aromatic N) is 2. The van der Waals surface area contributed by atoms with Crippen molar-refractivity contribution in [3.63, 3.8) is 0 Å². The summed E-state index contributed by atoms with van der Waals surface area (Å²) in [6.45, 7) is 1.47. The minimum Gasteiger partial charge on any atom is -0.454 e. The van der Waals surface area contributed by atoms with Crippen LogP contribution in [-0.2, 0) is 7.05 Å². The average Bonchev–Trinajstić information content (AvgIpc) is 2.66. The van der Waals surface area contributed by atoms with Gasteiger partial charge in [0.25, 0.3) is 0 Å². The Morgan fingerprint density at radius 1 is 1.41 bits per heavy atom. The van der Waals surface area contributed by atoms with Gasteiger partial charge in [-0.3, -0.25) is 9.48 Å². The van der Waals surface area contributed by atoms with E-state index in [1.165, 1.54) is 6.92 Å². The number of ketones is 1. The van der Waals surface area contributed by atoms with Crippen molar-refractivity contribution >= 4 is 11.5 Å². The lowest BCUT2D eigenvalue weighted by molar-refractivity contribution is 0.101. The van der Waals surface area contributed by atoms with E-state index in [-0.39, 0.29) is 5.78 Å². The number of aromatic nitrogens is 2. The summed E-state index contributed by atoms with van der Waals surface area (Å²) in [4.78, 5) is 11.3. The number of Topliss-reactive ketones (excluding diaryl/α,β-unsaturated/α-hetero) is 1. The summed E-state index contributed by atoms with van der Waals surface area (Å²) in [5.41, 5.74) is 6.61. The third-order valence-electron chi connectivity index (χ3n) is 2.32. The highest BCUT2D eigenvalue weighted by molar-refractivity contribution is 5.99. The first-order valence-electron chi connectivity index (χ1n) is 5.13. The van der Waals surface area contributed by atoms with Crippen LogP contribution in [0.2, 0.25) is 0 Å². The summed E-state index contributed by atoms with van der Waals surface area (Å²) in [6.07, 6.45) is 3.34. The van der Waals surface area contributed by atoms with Gasteiger partial charge in [-0.25, -0.2) is 0 Å². The predicted molar refractivity (Wildman–Crippen MR) is 64.1 cm³/mol. The van der Waals surface area contributed by atoms with E-state index >= 15 is 0 Å². The molecule has 0 spiro atoms. The highest BCUT2D eigenvalue weighted by Crippen LogP contribution is 2.24. The van der Waals surface area contributed by atoms with Crippen molar-refractivity contribution in [3.05, 3.63) is 36.2 Å². The number of nitrogens with two attached hydrogens (primary N) is 1. The second-order valence-corrected chi connectivity index (χ2v) is 3.76. The lowest BCUT2D eigenvalue weighted by atomic mass is 10.1. The summed E-state index contributed by atoms with van der Waals surface area (Å²) in [5.74, 6) is 1.10. The van der Waals surface area contributed by atoms with Crippen LogP contribution in [0.25, 0.3) is 0 Å². The van der Waals surface area contributed by atoms with Crippen molar-refractivity contribution in [2.24, 2.45) is 7.05 Å². The molecule has 2 rings (SSSR count). The second kappa shape index (κ2) is 4.29. The maximum absolute atomic E-state index is 11.3. The van der Waals surface area contributed by atoms with Gasteiger partial charge in [-0.2, -0.15) is 5.10 Å². The summed E-state index contributed by atoms with van der Waals surface area (Å²) >= 11 is 0. The lowest BCUT2D eigenvalue weighted by Crippen LogP contribution is -1.99. The molecule has 0 atom stereocenters. The lowest BCUT2D eigenvalue weighted by Gasteiger charge is -2.06. The van der Waals surface area contributed by atoms with Gasteiger partial charge in [0.05, 0.1) is 12.4 Å². The van der Waals surface area contributed by atoms with E-state index in [0.717, 1.165) is 0 Å². The van der Waals surface area contributed by atoms with E-state index < -0.39 is 0 Å². The van der Waals surface area contributed by atoms with E-state index in [9.17, 15) is 4.79 Å². The third kappa shape index (κ3) is 2.44. The van der Waals surface area contributed by atoms with Crippen LogP contribution in [0.4, 0.5) is 5.69 Å². The van der Waals surface area contributed by atoms with Gasteiger partial charge in [-0.1, -0.05) is 0 Å². The standard InChI is InChI=1S/C12H13N3O2/c1-8(16)11-5-9(3-4-12(11)13)17-10-6-14-15(2)7-10/h3-7H,13H2,1-2H3. The average molecular weight is 231 g/mol. The molecule has 1 aromatic heterocycles. The van der Waals surface area contributed by atoms with Crippen LogP contribution in [0.5, 0.6) is 11.5 Å². The van der Waals surface area contributed by atoms with Crippen molar-refractivity contribution in [2.75, 3.05) is 5.73 Å². The zero-order chi connectivity index (χ0) is 12.4. The molecule has 17 heavy (non-hydrogen) atoms. The molecule has 0 amide bonds. The number of ether oxygens (including phenoxy) is 1. The smallest absolute Gasteiger partial charge is 0.165 e. The number of nitrogen functional groups attached to an aromatic ring is 1. The van der Waals surface area contributed by atoms with Gasteiger partial charge in [0, 0.05) is 18.3 Å². The van der Waals surface area contributed by atoms with Crippen LogP contribution in [0.15, 0.2) is 30.6 Å². The van der Waals surface area contributed by atoms with Gasteiger partial charge in [-0.05, 0) is 25.1 Å². The summed E-state index contributed by atoms with van der Waals surface area (Å²) < 4.78 is 7.19. The summed E-state index contributed by atoms with van der Waals surface area (Å²) in [5, 5.41) is 3.99. The van der Waals surface area contributed by atoms with Crippen LogP contribution in [0.1, 0.15) is 17.3 Å². The molecule has 1 aromatic carbocycles. The molecule has 0 aliphatic rings. The number of benzene rings is 1. The fourth-order valence-corrected chi connectivity index (χ4v) is 1.49. The van der Waals surface area contributed by atoms with Crippen molar-refractivity contribution in [1.82, 2.24) is 9.78 Å². The van der Waals surface area contributed by atoms with Gasteiger partial charge in [0.1, 0.15) is 5.75 Å². The fraction of sp³-hybridized carbons (Fsp3) is 0.167. The highest BCUT2D eigenvalue weighted by Gasteiger charge is 2.07. The monoisotopic (exact) mass is 231 g/mol. The molecule has 5 nitrogen and oxygen atoms in total. The molecular formula is C12H13N3O2. The molecule has 0 unspecified atom stereocenters. The molecule has 0 fully saturated rings. The number of hydrogen-bond donors (Lipinski definition) is 1. The summed E-state index contributed by atoms with van der Waals surface area (Å²) in [7, 11) is 1.80. The molecule has 2 N–H and O–H groups in total. The molecular weight excluding hydrogens is 218 g/mol. The minimum absolute atomic E-state index is 0.0841. The molecule has 0 aliphatic heterocycles. The van der Waals surface area contributed by atoms with E-state index in [2.05, 4.69) is 5.10 Å². The highest BCUT2D eigenvalue weighted by atomic mass is 16.5. The van der Waals surface area contributed by atoms with E-state index in [1.54, 1.807) is 42.3 Å². The van der Waals surface area contributed by atoms with Gasteiger partial charge in [-0.15, -0.1) is 0 Å². The first-order chi connectivity index (χ1) is 8.06. The number of rotatable bonds is 3. The Balaban J connectivity index is 2.28. The van der Waals surface area contributed by atoms with Crippen LogP contribution in [0, 0.1) is 0 Å². The first-order valence-corrected chi connectivity index (χ1v) is 5.13. The van der Waals surface area contributed by atoms with Gasteiger partial charge >= 0.3 is 0 Å². The van der Waals surface area contributed by atoms with E-state index in [1.807, 2.05) is 0 Å². The zero-order valence-corrected chi connectivity index (χ0v) is 9.68. The van der Waals surface area contributed by atoms with Gasteiger partial charge in [0.2, 0.25) is 0 Å². The third-order valence-corrected chi connectivity index (χ3v) is 2.32. The van der Waals surface area contributed by atoms with Crippen molar-refractivity contribution in [1.29, 1.82) is 0 Å². The Hall–Kier alpha value is -2.30. The number of carbonyl (C=O) groups is 1. The Morgan fingerprint density at radius 2 is 2.18 bits per heavy atom. The topological polar surface area (TPSA) is 70.1 Å². The van der Waals surface area contributed by atoms with Gasteiger partial charge < -0.3 is 10.5 Å². The fourth-order valence-electron chi connectivity index (χ4n) is 1.49. The van der Waals surface area contributed by atoms with Crippen molar-refractivity contribution in [2.45, 2.75) is 6.92 Å². The number of carbonyl (C=O) groups excluding carboxylic acids is 1.